The van der Waals surface area contributed by atoms with Gasteiger partial charge in [0.2, 0.25) is 5.88 Å². The van der Waals surface area contributed by atoms with Crippen molar-refractivity contribution in [3.05, 3.63) is 77.5 Å². The second kappa shape index (κ2) is 6.91. The number of aromatic nitrogens is 2. The molecule has 3 aromatic rings. The molecule has 0 atom stereocenters. The molecule has 0 aliphatic carbocycles. The standard InChI is InChI=1S/C19H17N3O2/c1-13-4-3-5-16(12-13)20-19(23)15-7-9-17(10-8-15)24-18-11-6-14(2)21-22-18/h3-12H,1-2H3,(H,20,23). The molecule has 1 N–H and O–H groups in total. The number of ether oxygens (including phenoxy) is 1. The molecule has 1 heterocycles. The highest BCUT2D eigenvalue weighted by molar-refractivity contribution is 6.04. The van der Waals surface area contributed by atoms with Crippen LogP contribution in [0.1, 0.15) is 21.6 Å². The number of nitrogens with one attached hydrogen (secondary N) is 1. The molecule has 1 amide bonds. The number of rotatable bonds is 4. The molecule has 5 nitrogen and oxygen atoms in total. The zero-order valence-electron chi connectivity index (χ0n) is 13.5. The molecule has 0 spiro atoms. The van der Waals surface area contributed by atoms with E-state index in [1.807, 2.05) is 44.2 Å². The highest BCUT2D eigenvalue weighted by atomic mass is 16.5. The summed E-state index contributed by atoms with van der Waals surface area (Å²) in [5.41, 5.74) is 3.25. The highest BCUT2D eigenvalue weighted by Crippen LogP contribution is 2.20. The quantitative estimate of drug-likeness (QED) is 0.785. The number of benzene rings is 2. The van der Waals surface area contributed by atoms with Crippen LogP contribution in [0.4, 0.5) is 5.69 Å². The summed E-state index contributed by atoms with van der Waals surface area (Å²) in [5.74, 6) is 0.847. The molecule has 0 radical (unpaired) electrons. The van der Waals surface area contributed by atoms with Crippen molar-refractivity contribution in [2.75, 3.05) is 5.32 Å². The van der Waals surface area contributed by atoms with Gasteiger partial charge in [0.1, 0.15) is 5.75 Å². The van der Waals surface area contributed by atoms with E-state index in [9.17, 15) is 4.79 Å². The zero-order valence-corrected chi connectivity index (χ0v) is 13.5. The van der Waals surface area contributed by atoms with Crippen molar-refractivity contribution in [1.29, 1.82) is 0 Å². The zero-order chi connectivity index (χ0) is 16.9. The fraction of sp³-hybridized carbons (Fsp3) is 0.105. The van der Waals surface area contributed by atoms with Crippen LogP contribution in [0, 0.1) is 13.8 Å². The molecule has 1 aromatic heterocycles. The van der Waals surface area contributed by atoms with Crippen molar-refractivity contribution >= 4 is 11.6 Å². The van der Waals surface area contributed by atoms with E-state index in [0.29, 0.717) is 17.2 Å². The maximum atomic E-state index is 12.3. The summed E-state index contributed by atoms with van der Waals surface area (Å²) in [6.45, 7) is 3.84. The normalized spacial score (nSPS) is 10.2. The molecule has 0 saturated heterocycles. The molecule has 0 unspecified atom stereocenters. The predicted molar refractivity (Wildman–Crippen MR) is 92.4 cm³/mol. The Morgan fingerprint density at radius 2 is 1.75 bits per heavy atom. The number of carbonyl (C=O) groups excluding carboxylic acids is 1. The Kier molecular flexibility index (Phi) is 4.52. The van der Waals surface area contributed by atoms with Gasteiger partial charge in [-0.3, -0.25) is 4.79 Å². The van der Waals surface area contributed by atoms with Gasteiger partial charge < -0.3 is 10.1 Å². The number of anilines is 1. The first kappa shape index (κ1) is 15.7. The van der Waals surface area contributed by atoms with E-state index < -0.39 is 0 Å². The van der Waals surface area contributed by atoms with E-state index in [1.165, 1.54) is 0 Å². The number of hydrogen-bond acceptors (Lipinski definition) is 4. The molecular weight excluding hydrogens is 302 g/mol. The fourth-order valence-corrected chi connectivity index (χ4v) is 2.16. The van der Waals surface area contributed by atoms with Gasteiger partial charge in [0.05, 0.1) is 5.69 Å². The molecular formula is C19H17N3O2. The lowest BCUT2D eigenvalue weighted by atomic mass is 10.2. The minimum atomic E-state index is -0.165. The lowest BCUT2D eigenvalue weighted by Crippen LogP contribution is -2.11. The van der Waals surface area contributed by atoms with Crippen molar-refractivity contribution in [2.24, 2.45) is 0 Å². The minimum absolute atomic E-state index is 0.165. The van der Waals surface area contributed by atoms with E-state index in [-0.39, 0.29) is 5.91 Å². The van der Waals surface area contributed by atoms with E-state index >= 15 is 0 Å². The minimum Gasteiger partial charge on any atom is -0.438 e. The van der Waals surface area contributed by atoms with Gasteiger partial charge in [-0.15, -0.1) is 5.10 Å². The summed E-state index contributed by atoms with van der Waals surface area (Å²) < 4.78 is 5.60. The van der Waals surface area contributed by atoms with E-state index in [2.05, 4.69) is 15.5 Å². The summed E-state index contributed by atoms with van der Waals surface area (Å²) in [5, 5.41) is 10.8. The third-order valence-corrected chi connectivity index (χ3v) is 3.39. The molecule has 5 heteroatoms. The first-order chi connectivity index (χ1) is 11.6. The summed E-state index contributed by atoms with van der Waals surface area (Å²) in [7, 11) is 0. The molecule has 24 heavy (non-hydrogen) atoms. The molecule has 3 rings (SSSR count). The predicted octanol–water partition coefficient (Wildman–Crippen LogP) is 4.14. The monoisotopic (exact) mass is 319 g/mol. The van der Waals surface area contributed by atoms with Crippen molar-refractivity contribution in [3.63, 3.8) is 0 Å². The maximum Gasteiger partial charge on any atom is 0.255 e. The average molecular weight is 319 g/mol. The first-order valence-corrected chi connectivity index (χ1v) is 7.56. The van der Waals surface area contributed by atoms with Crippen LogP contribution in [-0.2, 0) is 0 Å². The van der Waals surface area contributed by atoms with Crippen LogP contribution in [0.2, 0.25) is 0 Å². The van der Waals surface area contributed by atoms with Crippen LogP contribution in [0.5, 0.6) is 11.6 Å². The van der Waals surface area contributed by atoms with Gasteiger partial charge in [-0.1, -0.05) is 12.1 Å². The smallest absolute Gasteiger partial charge is 0.255 e. The second-order valence-corrected chi connectivity index (χ2v) is 5.46. The Labute approximate surface area is 140 Å². The molecule has 2 aromatic carbocycles. The Morgan fingerprint density at radius 3 is 2.42 bits per heavy atom. The Balaban J connectivity index is 1.67. The summed E-state index contributed by atoms with van der Waals surface area (Å²) >= 11 is 0. The summed E-state index contributed by atoms with van der Waals surface area (Å²) in [6.07, 6.45) is 0. The van der Waals surface area contributed by atoms with Gasteiger partial charge in [0.15, 0.2) is 0 Å². The van der Waals surface area contributed by atoms with Crippen molar-refractivity contribution in [2.45, 2.75) is 13.8 Å². The van der Waals surface area contributed by atoms with Gasteiger partial charge >= 0.3 is 0 Å². The molecule has 0 aliphatic rings. The van der Waals surface area contributed by atoms with Crippen LogP contribution in [0.15, 0.2) is 60.7 Å². The molecule has 0 bridgehead atoms. The van der Waals surface area contributed by atoms with Crippen LogP contribution in [0.25, 0.3) is 0 Å². The highest BCUT2D eigenvalue weighted by Gasteiger charge is 2.07. The van der Waals surface area contributed by atoms with Gasteiger partial charge in [-0.2, -0.15) is 5.10 Å². The van der Waals surface area contributed by atoms with Crippen LogP contribution in [-0.4, -0.2) is 16.1 Å². The number of aryl methyl sites for hydroxylation is 2. The lowest BCUT2D eigenvalue weighted by Gasteiger charge is -2.07. The number of hydrogen-bond donors (Lipinski definition) is 1. The molecule has 120 valence electrons. The third-order valence-electron chi connectivity index (χ3n) is 3.39. The average Bonchev–Trinajstić information content (AvgIpc) is 2.57. The van der Waals surface area contributed by atoms with Gasteiger partial charge in [-0.25, -0.2) is 0 Å². The Bertz CT molecular complexity index is 843. The largest absolute Gasteiger partial charge is 0.438 e. The van der Waals surface area contributed by atoms with Gasteiger partial charge in [0.25, 0.3) is 5.91 Å². The Hall–Kier alpha value is -3.21. The van der Waals surface area contributed by atoms with Gasteiger partial charge in [-0.05, 0) is 61.9 Å². The first-order valence-electron chi connectivity index (χ1n) is 7.56. The summed E-state index contributed by atoms with van der Waals surface area (Å²) in [4.78, 5) is 12.3. The van der Waals surface area contributed by atoms with E-state index in [0.717, 1.165) is 16.9 Å². The topological polar surface area (TPSA) is 64.1 Å². The second-order valence-electron chi connectivity index (χ2n) is 5.46. The Morgan fingerprint density at radius 1 is 0.958 bits per heavy atom. The van der Waals surface area contributed by atoms with Crippen molar-refractivity contribution in [3.8, 4) is 11.6 Å². The lowest BCUT2D eigenvalue weighted by molar-refractivity contribution is 0.102. The van der Waals surface area contributed by atoms with Gasteiger partial charge in [0, 0.05) is 17.3 Å². The van der Waals surface area contributed by atoms with Crippen molar-refractivity contribution in [1.82, 2.24) is 10.2 Å². The molecule has 0 fully saturated rings. The number of amides is 1. The van der Waals surface area contributed by atoms with Crippen LogP contribution < -0.4 is 10.1 Å². The summed E-state index contributed by atoms with van der Waals surface area (Å²) in [6, 6.07) is 18.1. The van der Waals surface area contributed by atoms with Crippen molar-refractivity contribution < 1.29 is 9.53 Å². The molecule has 0 aliphatic heterocycles. The maximum absolute atomic E-state index is 12.3. The molecule has 0 saturated carbocycles. The van der Waals surface area contributed by atoms with Crippen LogP contribution in [0.3, 0.4) is 0 Å². The number of nitrogens with zero attached hydrogens (tertiary/aromatic N) is 2. The van der Waals surface area contributed by atoms with E-state index in [4.69, 9.17) is 4.74 Å². The SMILES string of the molecule is Cc1cccc(NC(=O)c2ccc(Oc3ccc(C)nn3)cc2)c1. The van der Waals surface area contributed by atoms with E-state index in [1.54, 1.807) is 30.3 Å². The fourth-order valence-electron chi connectivity index (χ4n) is 2.16. The van der Waals surface area contributed by atoms with Crippen LogP contribution >= 0.6 is 0 Å². The number of carbonyl (C=O) groups is 1. The third kappa shape index (κ3) is 3.95.